The lowest BCUT2D eigenvalue weighted by Gasteiger charge is -2.36. The van der Waals surface area contributed by atoms with Crippen molar-refractivity contribution in [3.8, 4) is 17.6 Å². The maximum Gasteiger partial charge on any atom is 0.246 e. The van der Waals surface area contributed by atoms with Crippen molar-refractivity contribution in [2.75, 3.05) is 19.8 Å². The van der Waals surface area contributed by atoms with Crippen molar-refractivity contribution in [1.29, 1.82) is 5.26 Å². The van der Waals surface area contributed by atoms with Crippen LogP contribution >= 0.6 is 0 Å². The number of H-pyrrole nitrogens is 1. The van der Waals surface area contributed by atoms with E-state index < -0.39 is 32.3 Å². The molecule has 1 saturated heterocycles. The third kappa shape index (κ3) is 4.86. The molecule has 2 atom stereocenters. The number of aromatic amines is 1. The fourth-order valence-corrected chi connectivity index (χ4v) is 6.51. The van der Waals surface area contributed by atoms with Gasteiger partial charge in [-0.1, -0.05) is 18.2 Å². The highest BCUT2D eigenvalue weighted by Gasteiger charge is 2.54. The molecule has 39 heavy (non-hydrogen) atoms. The van der Waals surface area contributed by atoms with Crippen LogP contribution in [-0.4, -0.2) is 54.7 Å². The lowest BCUT2D eigenvalue weighted by molar-refractivity contribution is -0.123. The van der Waals surface area contributed by atoms with Gasteiger partial charge in [0.25, 0.3) is 0 Å². The number of carbonyl (C=O) groups excluding carboxylic acids is 1. The van der Waals surface area contributed by atoms with Crippen molar-refractivity contribution >= 4 is 26.8 Å². The highest BCUT2D eigenvalue weighted by molar-refractivity contribution is 7.93. The summed E-state index contributed by atoms with van der Waals surface area (Å²) >= 11 is 0. The molecule has 2 aliphatic rings. The van der Waals surface area contributed by atoms with Crippen molar-refractivity contribution in [1.82, 2.24) is 9.97 Å². The first-order valence-electron chi connectivity index (χ1n) is 12.1. The Morgan fingerprint density at radius 2 is 2.05 bits per heavy atom. The van der Waals surface area contributed by atoms with Crippen LogP contribution in [0.2, 0.25) is 0 Å². The molecule has 2 unspecified atom stereocenters. The minimum Gasteiger partial charge on any atom is -0.489 e. The van der Waals surface area contributed by atoms with Crippen LogP contribution < -0.4 is 15.2 Å². The minimum atomic E-state index is -4.55. The molecule has 1 aromatic carbocycles. The molecule has 3 heterocycles. The normalized spacial score (nSPS) is 22.3. The number of nitrogens with one attached hydrogen (secondary N) is 1. The SMILES string of the molecule is N#Cc1cc(S(=O)(=O)C2(Oc3cnc4[nH]ccc4c3)C=CC=CC2C(N)=O)ccc1OCC1(F)CCOCC1. The summed E-state index contributed by atoms with van der Waals surface area (Å²) in [5.41, 5.74) is 4.47. The summed E-state index contributed by atoms with van der Waals surface area (Å²) in [4.78, 5) is 17.1. The molecule has 0 spiro atoms. The number of rotatable bonds is 8. The maximum atomic E-state index is 15.0. The largest absolute Gasteiger partial charge is 0.489 e. The number of alkyl halides is 1. The number of halogens is 1. The number of nitrogens with zero attached hydrogens (tertiary/aromatic N) is 2. The van der Waals surface area contributed by atoms with Crippen LogP contribution in [0.4, 0.5) is 4.39 Å². The van der Waals surface area contributed by atoms with Gasteiger partial charge in [-0.25, -0.2) is 17.8 Å². The van der Waals surface area contributed by atoms with Crippen molar-refractivity contribution in [2.24, 2.45) is 11.7 Å². The van der Waals surface area contributed by atoms with Gasteiger partial charge in [0.05, 0.1) is 16.7 Å². The van der Waals surface area contributed by atoms with Gasteiger partial charge in [0, 0.05) is 37.6 Å². The van der Waals surface area contributed by atoms with E-state index in [1.165, 1.54) is 42.6 Å². The van der Waals surface area contributed by atoms with Gasteiger partial charge in [-0.05, 0) is 36.4 Å². The summed E-state index contributed by atoms with van der Waals surface area (Å²) in [5.74, 6) is -2.22. The van der Waals surface area contributed by atoms with Crippen molar-refractivity contribution < 1.29 is 31.8 Å². The second-order valence-electron chi connectivity index (χ2n) is 9.36. The van der Waals surface area contributed by atoms with E-state index in [1.807, 2.05) is 6.07 Å². The standard InChI is InChI=1S/C27H25FN4O6S/c28-26(8-11-36-12-9-26)17-37-23-5-4-21(14-19(23)15-29)39(34,35)27(7-2-1-3-22(27)24(30)33)38-20-13-18-6-10-31-25(18)32-16-20/h1-7,10,13-14,16,22H,8-9,11-12,17H2,(H2,30,33)(H,31,32). The molecule has 1 aliphatic heterocycles. The molecular formula is C27H25FN4O6S. The minimum absolute atomic E-state index is 0.0302. The molecule has 5 rings (SSSR count). The summed E-state index contributed by atoms with van der Waals surface area (Å²) in [6.45, 7) is 0.218. The number of amides is 1. The number of hydrogen-bond acceptors (Lipinski definition) is 8. The van der Waals surface area contributed by atoms with Crippen molar-refractivity contribution in [3.05, 3.63) is 72.6 Å². The van der Waals surface area contributed by atoms with Crippen LogP contribution in [-0.2, 0) is 19.4 Å². The van der Waals surface area contributed by atoms with Crippen LogP contribution in [0.3, 0.4) is 0 Å². The Labute approximate surface area is 223 Å². The number of fused-ring (bicyclic) bond motifs is 1. The van der Waals surface area contributed by atoms with Gasteiger partial charge in [0.2, 0.25) is 20.7 Å². The van der Waals surface area contributed by atoms with Gasteiger partial charge in [-0.2, -0.15) is 5.26 Å². The molecule has 1 amide bonds. The fraction of sp³-hybridized carbons (Fsp3) is 0.296. The Hall–Kier alpha value is -4.21. The third-order valence-corrected chi connectivity index (χ3v) is 9.00. The highest BCUT2D eigenvalue weighted by atomic mass is 32.2. The molecular weight excluding hydrogens is 527 g/mol. The number of primary amides is 1. The number of benzene rings is 1. The van der Waals surface area contributed by atoms with E-state index in [2.05, 4.69) is 9.97 Å². The molecule has 0 saturated carbocycles. The van der Waals surface area contributed by atoms with Crippen molar-refractivity contribution in [2.45, 2.75) is 28.3 Å². The second kappa shape index (κ2) is 10.2. The van der Waals surface area contributed by atoms with Crippen LogP contribution in [0.25, 0.3) is 11.0 Å². The van der Waals surface area contributed by atoms with Gasteiger partial charge in [0.15, 0.2) is 0 Å². The van der Waals surface area contributed by atoms with Crippen LogP contribution in [0.1, 0.15) is 18.4 Å². The summed E-state index contributed by atoms with van der Waals surface area (Å²) in [7, 11) is -4.55. The monoisotopic (exact) mass is 552 g/mol. The van der Waals surface area contributed by atoms with Gasteiger partial charge >= 0.3 is 0 Å². The number of sulfone groups is 1. The quantitative estimate of drug-likeness (QED) is 0.432. The molecule has 3 N–H and O–H groups in total. The second-order valence-corrected chi connectivity index (χ2v) is 11.5. The summed E-state index contributed by atoms with van der Waals surface area (Å²) in [6.07, 6.45) is 8.84. The number of carbonyl (C=O) groups is 1. The molecule has 2 aromatic heterocycles. The highest BCUT2D eigenvalue weighted by Crippen LogP contribution is 2.40. The topological polar surface area (TPSA) is 157 Å². The van der Waals surface area contributed by atoms with E-state index in [4.69, 9.17) is 19.9 Å². The Morgan fingerprint density at radius 3 is 2.79 bits per heavy atom. The van der Waals surface area contributed by atoms with E-state index in [-0.39, 0.29) is 54.6 Å². The predicted octanol–water partition coefficient (Wildman–Crippen LogP) is 3.11. The molecule has 12 heteroatoms. The maximum absolute atomic E-state index is 15.0. The third-order valence-electron chi connectivity index (χ3n) is 6.81. The van der Waals surface area contributed by atoms with E-state index in [0.29, 0.717) is 11.0 Å². The van der Waals surface area contributed by atoms with Crippen LogP contribution in [0.5, 0.6) is 11.5 Å². The smallest absolute Gasteiger partial charge is 0.246 e. The number of pyridine rings is 1. The molecule has 202 valence electrons. The van der Waals surface area contributed by atoms with E-state index in [9.17, 15) is 22.9 Å². The lowest BCUT2D eigenvalue weighted by Crippen LogP contribution is -2.54. The Morgan fingerprint density at radius 1 is 1.26 bits per heavy atom. The molecule has 1 fully saturated rings. The number of ether oxygens (including phenoxy) is 3. The first kappa shape index (κ1) is 26.4. The van der Waals surface area contributed by atoms with Crippen molar-refractivity contribution in [3.63, 3.8) is 0 Å². The average molecular weight is 553 g/mol. The van der Waals surface area contributed by atoms with Gasteiger partial charge in [-0.15, -0.1) is 0 Å². The Balaban J connectivity index is 1.53. The summed E-state index contributed by atoms with van der Waals surface area (Å²) in [5, 5.41) is 10.4. The van der Waals surface area contributed by atoms with Gasteiger partial charge < -0.3 is 24.9 Å². The lowest BCUT2D eigenvalue weighted by atomic mass is 9.96. The molecule has 3 aromatic rings. The average Bonchev–Trinajstić information content (AvgIpc) is 3.40. The zero-order valence-corrected chi connectivity index (χ0v) is 21.5. The molecule has 0 bridgehead atoms. The Kier molecular flexibility index (Phi) is 6.88. The summed E-state index contributed by atoms with van der Waals surface area (Å²) < 4.78 is 60.3. The summed E-state index contributed by atoms with van der Waals surface area (Å²) in [6, 6.07) is 8.86. The molecule has 10 nitrogen and oxygen atoms in total. The zero-order chi connectivity index (χ0) is 27.7. The van der Waals surface area contributed by atoms with E-state index in [1.54, 1.807) is 18.3 Å². The number of hydrogen-bond donors (Lipinski definition) is 2. The van der Waals surface area contributed by atoms with Gasteiger partial charge in [-0.3, -0.25) is 4.79 Å². The number of allylic oxidation sites excluding steroid dienone is 2. The van der Waals surface area contributed by atoms with Gasteiger partial charge in [0.1, 0.15) is 41.4 Å². The van der Waals surface area contributed by atoms with Crippen LogP contribution in [0, 0.1) is 17.2 Å². The number of nitrogens with two attached hydrogens (primary N) is 1. The fourth-order valence-electron chi connectivity index (χ4n) is 4.63. The number of nitriles is 1. The van der Waals surface area contributed by atoms with Crippen LogP contribution in [0.15, 0.2) is 71.9 Å². The van der Waals surface area contributed by atoms with E-state index in [0.717, 1.165) is 6.07 Å². The Bertz CT molecular complexity index is 1620. The molecule has 1 aliphatic carbocycles. The number of aromatic nitrogens is 2. The predicted molar refractivity (Wildman–Crippen MR) is 138 cm³/mol. The van der Waals surface area contributed by atoms with E-state index >= 15 is 0 Å². The first-order chi connectivity index (χ1) is 18.7. The first-order valence-corrected chi connectivity index (χ1v) is 13.6. The zero-order valence-electron chi connectivity index (χ0n) is 20.7. The molecule has 0 radical (unpaired) electrons.